The first kappa shape index (κ1) is 18.2. The van der Waals surface area contributed by atoms with Gasteiger partial charge in [-0.3, -0.25) is 4.79 Å². The molecule has 0 aliphatic carbocycles. The summed E-state index contributed by atoms with van der Waals surface area (Å²) < 4.78 is 13.0. The molecule has 0 spiro atoms. The van der Waals surface area contributed by atoms with Crippen molar-refractivity contribution in [1.82, 2.24) is 9.80 Å². The highest BCUT2D eigenvalue weighted by Gasteiger charge is 2.25. The SMILES string of the molecule is Cc1ccc(NC(=O)N2CCN(C(=O)c3ccc(F)cc3)CC2)cc1Cl. The van der Waals surface area contributed by atoms with Gasteiger partial charge in [0, 0.05) is 42.5 Å². The van der Waals surface area contributed by atoms with E-state index in [2.05, 4.69) is 5.32 Å². The second-order valence-corrected chi connectivity index (χ2v) is 6.59. The maximum atomic E-state index is 13.0. The molecule has 1 saturated heterocycles. The minimum atomic E-state index is -0.376. The zero-order valence-electron chi connectivity index (χ0n) is 14.3. The Morgan fingerprint density at radius 2 is 1.62 bits per heavy atom. The second-order valence-electron chi connectivity index (χ2n) is 6.18. The Morgan fingerprint density at radius 3 is 2.23 bits per heavy atom. The highest BCUT2D eigenvalue weighted by Crippen LogP contribution is 2.20. The molecular formula is C19H19ClFN3O2. The van der Waals surface area contributed by atoms with Gasteiger partial charge in [-0.2, -0.15) is 0 Å². The summed E-state index contributed by atoms with van der Waals surface area (Å²) in [5, 5.41) is 3.41. The van der Waals surface area contributed by atoms with E-state index in [9.17, 15) is 14.0 Å². The Hall–Kier alpha value is -2.60. The van der Waals surface area contributed by atoms with Crippen LogP contribution in [0, 0.1) is 12.7 Å². The highest BCUT2D eigenvalue weighted by molar-refractivity contribution is 6.31. The van der Waals surface area contributed by atoms with E-state index >= 15 is 0 Å². The van der Waals surface area contributed by atoms with Crippen LogP contribution in [-0.4, -0.2) is 47.9 Å². The Balaban J connectivity index is 1.55. The number of nitrogens with zero attached hydrogens (tertiary/aromatic N) is 2. The van der Waals surface area contributed by atoms with E-state index < -0.39 is 0 Å². The van der Waals surface area contributed by atoms with Crippen LogP contribution in [0.4, 0.5) is 14.9 Å². The Bertz CT molecular complexity index is 818. The average molecular weight is 376 g/mol. The van der Waals surface area contributed by atoms with Crippen LogP contribution >= 0.6 is 11.6 Å². The van der Waals surface area contributed by atoms with Crippen LogP contribution in [0.2, 0.25) is 5.02 Å². The van der Waals surface area contributed by atoms with Gasteiger partial charge in [-0.25, -0.2) is 9.18 Å². The van der Waals surface area contributed by atoms with Gasteiger partial charge in [-0.15, -0.1) is 0 Å². The Labute approximate surface area is 156 Å². The zero-order chi connectivity index (χ0) is 18.7. The number of rotatable bonds is 2. The summed E-state index contributed by atoms with van der Waals surface area (Å²) >= 11 is 6.07. The van der Waals surface area contributed by atoms with Gasteiger partial charge in [0.1, 0.15) is 5.82 Å². The van der Waals surface area contributed by atoms with Crippen molar-refractivity contribution >= 4 is 29.2 Å². The number of benzene rings is 2. The number of carbonyl (C=O) groups is 2. The predicted octanol–water partition coefficient (Wildman–Crippen LogP) is 3.78. The monoisotopic (exact) mass is 375 g/mol. The lowest BCUT2D eigenvalue weighted by Gasteiger charge is -2.34. The van der Waals surface area contributed by atoms with Crippen molar-refractivity contribution in [3.63, 3.8) is 0 Å². The lowest BCUT2D eigenvalue weighted by molar-refractivity contribution is 0.0671. The van der Waals surface area contributed by atoms with Gasteiger partial charge in [0.05, 0.1) is 0 Å². The van der Waals surface area contributed by atoms with Gasteiger partial charge < -0.3 is 15.1 Å². The number of nitrogens with one attached hydrogen (secondary N) is 1. The number of hydrogen-bond donors (Lipinski definition) is 1. The summed E-state index contributed by atoms with van der Waals surface area (Å²) in [4.78, 5) is 28.1. The molecule has 0 unspecified atom stereocenters. The molecule has 1 N–H and O–H groups in total. The first-order valence-electron chi connectivity index (χ1n) is 8.31. The fourth-order valence-corrected chi connectivity index (χ4v) is 2.94. The van der Waals surface area contributed by atoms with E-state index in [1.54, 1.807) is 21.9 Å². The van der Waals surface area contributed by atoms with Crippen LogP contribution in [-0.2, 0) is 0 Å². The highest BCUT2D eigenvalue weighted by atomic mass is 35.5. The maximum Gasteiger partial charge on any atom is 0.321 e. The first-order valence-corrected chi connectivity index (χ1v) is 8.69. The molecule has 2 aromatic carbocycles. The average Bonchev–Trinajstić information content (AvgIpc) is 2.65. The lowest BCUT2D eigenvalue weighted by Crippen LogP contribution is -2.51. The van der Waals surface area contributed by atoms with Crippen molar-refractivity contribution < 1.29 is 14.0 Å². The van der Waals surface area contributed by atoms with E-state index in [0.29, 0.717) is 42.5 Å². The van der Waals surface area contributed by atoms with Crippen molar-refractivity contribution in [2.75, 3.05) is 31.5 Å². The molecule has 0 bridgehead atoms. The molecular weight excluding hydrogens is 357 g/mol. The Morgan fingerprint density at radius 1 is 1.00 bits per heavy atom. The molecule has 3 amide bonds. The first-order chi connectivity index (χ1) is 12.4. The summed E-state index contributed by atoms with van der Waals surface area (Å²) in [6, 6.07) is 10.6. The molecule has 1 fully saturated rings. The third kappa shape index (κ3) is 4.14. The number of piperazine rings is 1. The van der Waals surface area contributed by atoms with Crippen LogP contribution in [0.1, 0.15) is 15.9 Å². The summed E-state index contributed by atoms with van der Waals surface area (Å²) in [6.45, 7) is 3.61. The molecule has 2 aromatic rings. The third-order valence-corrected chi connectivity index (χ3v) is 4.78. The Kier molecular flexibility index (Phi) is 5.42. The van der Waals surface area contributed by atoms with Gasteiger partial charge in [-0.1, -0.05) is 17.7 Å². The minimum absolute atomic E-state index is 0.157. The molecule has 1 heterocycles. The summed E-state index contributed by atoms with van der Waals surface area (Å²) in [7, 11) is 0. The van der Waals surface area contributed by atoms with Gasteiger partial charge in [-0.05, 0) is 48.9 Å². The number of amides is 3. The van der Waals surface area contributed by atoms with Crippen molar-refractivity contribution in [2.45, 2.75) is 6.92 Å². The van der Waals surface area contributed by atoms with Crippen LogP contribution in [0.15, 0.2) is 42.5 Å². The minimum Gasteiger partial charge on any atom is -0.335 e. The van der Waals surface area contributed by atoms with Crippen LogP contribution in [0.25, 0.3) is 0 Å². The number of urea groups is 1. The number of halogens is 2. The van der Waals surface area contributed by atoms with E-state index in [4.69, 9.17) is 11.6 Å². The van der Waals surface area contributed by atoms with Crippen LogP contribution in [0.5, 0.6) is 0 Å². The smallest absolute Gasteiger partial charge is 0.321 e. The lowest BCUT2D eigenvalue weighted by atomic mass is 10.2. The van der Waals surface area contributed by atoms with Crippen molar-refractivity contribution in [3.8, 4) is 0 Å². The van der Waals surface area contributed by atoms with E-state index in [1.165, 1.54) is 24.3 Å². The van der Waals surface area contributed by atoms with Crippen LogP contribution in [0.3, 0.4) is 0 Å². The van der Waals surface area contributed by atoms with Gasteiger partial charge in [0.25, 0.3) is 5.91 Å². The number of carbonyl (C=O) groups excluding carboxylic acids is 2. The molecule has 0 aromatic heterocycles. The molecule has 136 valence electrons. The molecule has 0 saturated carbocycles. The topological polar surface area (TPSA) is 52.7 Å². The van der Waals surface area contributed by atoms with E-state index in [0.717, 1.165) is 5.56 Å². The summed E-state index contributed by atoms with van der Waals surface area (Å²) in [5.41, 5.74) is 2.02. The van der Waals surface area contributed by atoms with E-state index in [-0.39, 0.29) is 17.8 Å². The van der Waals surface area contributed by atoms with Crippen molar-refractivity contribution in [3.05, 3.63) is 64.4 Å². The van der Waals surface area contributed by atoms with Crippen molar-refractivity contribution in [1.29, 1.82) is 0 Å². The fraction of sp³-hybridized carbons (Fsp3) is 0.263. The molecule has 1 aliphatic rings. The molecule has 26 heavy (non-hydrogen) atoms. The molecule has 1 aliphatic heterocycles. The summed E-state index contributed by atoms with van der Waals surface area (Å²) in [5.74, 6) is -0.533. The quantitative estimate of drug-likeness (QED) is 0.868. The normalized spacial score (nSPS) is 14.3. The van der Waals surface area contributed by atoms with Gasteiger partial charge in [0.15, 0.2) is 0 Å². The fourth-order valence-electron chi connectivity index (χ4n) is 2.76. The molecule has 3 rings (SSSR count). The standard InChI is InChI=1S/C19H19ClFN3O2/c1-13-2-7-16(12-17(13)20)22-19(26)24-10-8-23(9-11-24)18(25)14-3-5-15(21)6-4-14/h2-7,12H,8-11H2,1H3,(H,22,26). The van der Waals surface area contributed by atoms with E-state index in [1.807, 2.05) is 13.0 Å². The summed E-state index contributed by atoms with van der Waals surface area (Å²) in [6.07, 6.45) is 0. The van der Waals surface area contributed by atoms with Crippen LogP contribution < -0.4 is 5.32 Å². The predicted molar refractivity (Wildman–Crippen MR) is 99.1 cm³/mol. The number of hydrogen-bond acceptors (Lipinski definition) is 2. The van der Waals surface area contributed by atoms with Gasteiger partial charge >= 0.3 is 6.03 Å². The largest absolute Gasteiger partial charge is 0.335 e. The molecule has 0 atom stereocenters. The zero-order valence-corrected chi connectivity index (χ0v) is 15.1. The molecule has 7 heteroatoms. The molecule has 0 radical (unpaired) electrons. The second kappa shape index (κ2) is 7.74. The maximum absolute atomic E-state index is 13.0. The number of anilines is 1. The van der Waals surface area contributed by atoms with Gasteiger partial charge in [0.2, 0.25) is 0 Å². The molecule has 5 nitrogen and oxygen atoms in total. The van der Waals surface area contributed by atoms with Crippen molar-refractivity contribution in [2.24, 2.45) is 0 Å². The third-order valence-electron chi connectivity index (χ3n) is 4.37. The number of aryl methyl sites for hydroxylation is 1.